The molecule has 3 nitrogen and oxygen atoms in total. The summed E-state index contributed by atoms with van der Waals surface area (Å²) in [5.74, 6) is -0.00864. The number of carbonyl (C=O) groups excluding carboxylic acids is 1. The predicted molar refractivity (Wildman–Crippen MR) is 86.7 cm³/mol. The van der Waals surface area contributed by atoms with Crippen LogP contribution in [0.25, 0.3) is 0 Å². The van der Waals surface area contributed by atoms with Gasteiger partial charge in [-0.3, -0.25) is 4.79 Å². The summed E-state index contributed by atoms with van der Waals surface area (Å²) in [6.07, 6.45) is 3.23. The van der Waals surface area contributed by atoms with Crippen molar-refractivity contribution >= 4 is 5.91 Å². The second-order valence-electron chi connectivity index (χ2n) is 5.75. The fraction of sp³-hybridized carbons (Fsp3) is 0.316. The molecular weight excluding hydrogens is 274 g/mol. The van der Waals surface area contributed by atoms with Gasteiger partial charge in [0.15, 0.2) is 0 Å². The topological polar surface area (TPSA) is 38.3 Å². The Morgan fingerprint density at radius 2 is 1.95 bits per heavy atom. The predicted octanol–water partition coefficient (Wildman–Crippen LogP) is 3.64. The molecule has 0 heterocycles. The molecule has 22 heavy (non-hydrogen) atoms. The first-order valence-electron chi connectivity index (χ1n) is 7.74. The van der Waals surface area contributed by atoms with Crippen LogP contribution in [0.15, 0.2) is 48.5 Å². The van der Waals surface area contributed by atoms with Gasteiger partial charge in [-0.25, -0.2) is 0 Å². The molecule has 0 unspecified atom stereocenters. The molecule has 1 atom stereocenters. The Morgan fingerprint density at radius 1 is 1.18 bits per heavy atom. The number of benzene rings is 2. The van der Waals surface area contributed by atoms with Crippen molar-refractivity contribution in [2.45, 2.75) is 31.9 Å². The van der Waals surface area contributed by atoms with Gasteiger partial charge in [-0.15, -0.1) is 0 Å². The van der Waals surface area contributed by atoms with Gasteiger partial charge in [-0.05, 0) is 48.1 Å². The first-order chi connectivity index (χ1) is 10.8. The number of aryl methyl sites for hydroxylation is 1. The molecule has 1 aliphatic rings. The second kappa shape index (κ2) is 6.75. The van der Waals surface area contributed by atoms with E-state index >= 15 is 0 Å². The van der Waals surface area contributed by atoms with Crippen molar-refractivity contribution in [3.05, 3.63) is 70.8 Å². The summed E-state index contributed by atoms with van der Waals surface area (Å²) in [6, 6.07) is 16.1. The van der Waals surface area contributed by atoms with Crippen LogP contribution in [-0.2, 0) is 17.8 Å². The molecule has 0 saturated heterocycles. The van der Waals surface area contributed by atoms with E-state index < -0.39 is 0 Å². The summed E-state index contributed by atoms with van der Waals surface area (Å²) >= 11 is 0. The van der Waals surface area contributed by atoms with Gasteiger partial charge in [-0.1, -0.05) is 36.4 Å². The lowest BCUT2D eigenvalue weighted by Crippen LogP contribution is -2.30. The highest BCUT2D eigenvalue weighted by atomic mass is 16.5. The van der Waals surface area contributed by atoms with Gasteiger partial charge in [0.05, 0.1) is 12.6 Å². The molecule has 0 radical (unpaired) electrons. The van der Waals surface area contributed by atoms with E-state index in [1.165, 1.54) is 11.1 Å². The minimum absolute atomic E-state index is 0.00864. The van der Waals surface area contributed by atoms with Crippen LogP contribution < -0.4 is 5.32 Å². The number of amides is 1. The highest BCUT2D eigenvalue weighted by molar-refractivity contribution is 5.94. The molecule has 2 aromatic carbocycles. The molecule has 0 aliphatic heterocycles. The number of rotatable bonds is 4. The van der Waals surface area contributed by atoms with Crippen molar-refractivity contribution in [2.24, 2.45) is 0 Å². The van der Waals surface area contributed by atoms with E-state index in [0.717, 1.165) is 24.8 Å². The number of hydrogen-bond acceptors (Lipinski definition) is 2. The lowest BCUT2D eigenvalue weighted by molar-refractivity contribution is 0.0932. The molecule has 1 N–H and O–H groups in total. The standard InChI is InChI=1S/C19H21NO2/c1-22-13-14-9-11-16(12-10-14)19(21)20-18-8-4-6-15-5-2-3-7-17(15)18/h2-3,5,7,9-12,18H,4,6,8,13H2,1H3,(H,20,21)/t18-/m1/s1. The summed E-state index contributed by atoms with van der Waals surface area (Å²) in [7, 11) is 1.67. The zero-order valence-electron chi connectivity index (χ0n) is 12.8. The quantitative estimate of drug-likeness (QED) is 0.935. The molecular formula is C19H21NO2. The first-order valence-corrected chi connectivity index (χ1v) is 7.74. The Morgan fingerprint density at radius 3 is 2.73 bits per heavy atom. The van der Waals surface area contributed by atoms with E-state index in [1.54, 1.807) is 7.11 Å². The van der Waals surface area contributed by atoms with Crippen LogP contribution in [0.5, 0.6) is 0 Å². The molecule has 0 fully saturated rings. The van der Waals surface area contributed by atoms with Gasteiger partial charge in [-0.2, -0.15) is 0 Å². The third-order valence-electron chi connectivity index (χ3n) is 4.20. The molecule has 0 saturated carbocycles. The van der Waals surface area contributed by atoms with E-state index in [2.05, 4.69) is 23.5 Å². The third kappa shape index (κ3) is 3.20. The van der Waals surface area contributed by atoms with Crippen LogP contribution in [0.2, 0.25) is 0 Å². The average Bonchev–Trinajstić information content (AvgIpc) is 2.56. The van der Waals surface area contributed by atoms with Crippen molar-refractivity contribution in [3.8, 4) is 0 Å². The SMILES string of the molecule is COCc1ccc(C(=O)N[C@@H]2CCCc3ccccc32)cc1. The molecule has 3 heteroatoms. The van der Waals surface area contributed by atoms with Crippen molar-refractivity contribution in [2.75, 3.05) is 7.11 Å². The second-order valence-corrected chi connectivity index (χ2v) is 5.75. The van der Waals surface area contributed by atoms with Gasteiger partial charge < -0.3 is 10.1 Å². The summed E-state index contributed by atoms with van der Waals surface area (Å²) in [5, 5.41) is 3.17. The zero-order chi connectivity index (χ0) is 15.4. The Bertz CT molecular complexity index is 649. The molecule has 1 aliphatic carbocycles. The van der Waals surface area contributed by atoms with E-state index in [9.17, 15) is 4.79 Å². The van der Waals surface area contributed by atoms with E-state index in [0.29, 0.717) is 12.2 Å². The fourth-order valence-electron chi connectivity index (χ4n) is 3.06. The maximum atomic E-state index is 12.4. The van der Waals surface area contributed by atoms with Crippen LogP contribution in [-0.4, -0.2) is 13.0 Å². The van der Waals surface area contributed by atoms with Gasteiger partial charge in [0.1, 0.15) is 0 Å². The number of nitrogens with one attached hydrogen (secondary N) is 1. The monoisotopic (exact) mass is 295 g/mol. The van der Waals surface area contributed by atoms with E-state index in [-0.39, 0.29) is 11.9 Å². The smallest absolute Gasteiger partial charge is 0.251 e. The van der Waals surface area contributed by atoms with Crippen LogP contribution in [0.1, 0.15) is 45.9 Å². The van der Waals surface area contributed by atoms with Gasteiger partial charge in [0, 0.05) is 12.7 Å². The van der Waals surface area contributed by atoms with Crippen LogP contribution in [0.4, 0.5) is 0 Å². The van der Waals surface area contributed by atoms with Crippen LogP contribution in [0.3, 0.4) is 0 Å². The molecule has 2 aromatic rings. The molecule has 3 rings (SSSR count). The van der Waals surface area contributed by atoms with E-state index in [4.69, 9.17) is 4.74 Å². The Hall–Kier alpha value is -2.13. The molecule has 1 amide bonds. The largest absolute Gasteiger partial charge is 0.380 e. The van der Waals surface area contributed by atoms with Crippen molar-refractivity contribution in [3.63, 3.8) is 0 Å². The first kappa shape index (κ1) is 14.8. The highest BCUT2D eigenvalue weighted by Crippen LogP contribution is 2.29. The number of fused-ring (bicyclic) bond motifs is 1. The number of ether oxygens (including phenoxy) is 1. The minimum atomic E-state index is -0.00864. The number of hydrogen-bond donors (Lipinski definition) is 1. The van der Waals surface area contributed by atoms with Crippen LogP contribution >= 0.6 is 0 Å². The van der Waals surface area contributed by atoms with Crippen molar-refractivity contribution in [1.82, 2.24) is 5.32 Å². The Labute approximate surface area is 131 Å². The van der Waals surface area contributed by atoms with Gasteiger partial charge >= 0.3 is 0 Å². The zero-order valence-corrected chi connectivity index (χ0v) is 12.8. The van der Waals surface area contributed by atoms with Gasteiger partial charge in [0.2, 0.25) is 0 Å². The average molecular weight is 295 g/mol. The van der Waals surface area contributed by atoms with Crippen molar-refractivity contribution < 1.29 is 9.53 Å². The summed E-state index contributed by atoms with van der Waals surface area (Å²) in [5.41, 5.74) is 4.39. The maximum absolute atomic E-state index is 12.4. The number of methoxy groups -OCH3 is 1. The minimum Gasteiger partial charge on any atom is -0.380 e. The van der Waals surface area contributed by atoms with Crippen LogP contribution in [0, 0.1) is 0 Å². The Balaban J connectivity index is 1.72. The molecule has 0 spiro atoms. The maximum Gasteiger partial charge on any atom is 0.251 e. The lowest BCUT2D eigenvalue weighted by atomic mass is 9.87. The third-order valence-corrected chi connectivity index (χ3v) is 4.20. The summed E-state index contributed by atoms with van der Waals surface area (Å²) < 4.78 is 5.09. The molecule has 0 aromatic heterocycles. The lowest BCUT2D eigenvalue weighted by Gasteiger charge is -2.26. The fourth-order valence-corrected chi connectivity index (χ4v) is 3.06. The highest BCUT2D eigenvalue weighted by Gasteiger charge is 2.21. The molecule has 114 valence electrons. The molecule has 0 bridgehead atoms. The van der Waals surface area contributed by atoms with E-state index in [1.807, 2.05) is 30.3 Å². The normalized spacial score (nSPS) is 16.9. The summed E-state index contributed by atoms with van der Waals surface area (Å²) in [4.78, 5) is 12.4. The summed E-state index contributed by atoms with van der Waals surface area (Å²) in [6.45, 7) is 0.567. The Kier molecular flexibility index (Phi) is 4.54. The van der Waals surface area contributed by atoms with Crippen molar-refractivity contribution in [1.29, 1.82) is 0 Å². The number of carbonyl (C=O) groups is 1. The van der Waals surface area contributed by atoms with Gasteiger partial charge in [0.25, 0.3) is 5.91 Å².